The number of fused-ring (bicyclic) bond motifs is 1. The van der Waals surface area contributed by atoms with Gasteiger partial charge >= 0.3 is 0 Å². The van der Waals surface area contributed by atoms with E-state index in [9.17, 15) is 0 Å². The minimum atomic E-state index is 0.744. The first-order chi connectivity index (χ1) is 4.88. The van der Waals surface area contributed by atoms with Gasteiger partial charge in [0, 0.05) is 12.6 Å². The maximum absolute atomic E-state index is 5.41. The Balaban J connectivity index is 2.01. The summed E-state index contributed by atoms with van der Waals surface area (Å²) < 4.78 is 5.41. The molecule has 2 atom stereocenters. The molecule has 1 unspecified atom stereocenters. The van der Waals surface area contributed by atoms with Gasteiger partial charge in [-0.3, -0.25) is 4.90 Å². The fourth-order valence-electron chi connectivity index (χ4n) is 2.02. The predicted octanol–water partition coefficient (Wildman–Crippen LogP) is 0.727. The number of ether oxygens (including phenoxy) is 1. The molecule has 0 radical (unpaired) electrons. The number of rotatable bonds is 0. The fourth-order valence-corrected chi connectivity index (χ4v) is 2.02. The van der Waals surface area contributed by atoms with E-state index in [-0.39, 0.29) is 0 Å². The number of morpholine rings is 1. The van der Waals surface area contributed by atoms with Gasteiger partial charge < -0.3 is 4.74 Å². The van der Waals surface area contributed by atoms with Crippen LogP contribution >= 0.6 is 0 Å². The van der Waals surface area contributed by atoms with Crippen LogP contribution < -0.4 is 0 Å². The predicted molar refractivity (Wildman–Crippen MR) is 40.0 cm³/mol. The van der Waals surface area contributed by atoms with Crippen molar-refractivity contribution < 1.29 is 4.74 Å². The van der Waals surface area contributed by atoms with Crippen LogP contribution in [0.4, 0.5) is 0 Å². The van der Waals surface area contributed by atoms with E-state index in [1.54, 1.807) is 0 Å². The normalized spacial score (nSPS) is 41.7. The maximum Gasteiger partial charge on any atom is 0.0625 e. The summed E-state index contributed by atoms with van der Waals surface area (Å²) in [5.41, 5.74) is 0. The zero-order valence-corrected chi connectivity index (χ0v) is 6.55. The fraction of sp³-hybridized carbons (Fsp3) is 1.00. The molecular weight excluding hydrogens is 126 g/mol. The quantitative estimate of drug-likeness (QED) is 0.493. The molecule has 0 N–H and O–H groups in total. The average molecular weight is 141 g/mol. The highest BCUT2D eigenvalue weighted by Crippen LogP contribution is 2.25. The topological polar surface area (TPSA) is 12.5 Å². The smallest absolute Gasteiger partial charge is 0.0625 e. The first kappa shape index (κ1) is 6.62. The molecule has 10 heavy (non-hydrogen) atoms. The molecule has 2 aliphatic rings. The molecule has 58 valence electrons. The van der Waals surface area contributed by atoms with E-state index in [0.717, 1.165) is 31.7 Å². The van der Waals surface area contributed by atoms with Crippen molar-refractivity contribution in [1.29, 1.82) is 0 Å². The highest BCUT2D eigenvalue weighted by Gasteiger charge is 2.32. The van der Waals surface area contributed by atoms with Gasteiger partial charge in [0.2, 0.25) is 0 Å². The molecule has 0 amide bonds. The Morgan fingerprint density at radius 3 is 3.10 bits per heavy atom. The van der Waals surface area contributed by atoms with Crippen LogP contribution in [0.15, 0.2) is 0 Å². The lowest BCUT2D eigenvalue weighted by atomic mass is 10.0. The lowest BCUT2D eigenvalue weighted by molar-refractivity contribution is 0.00272. The first-order valence-corrected chi connectivity index (χ1v) is 4.20. The first-order valence-electron chi connectivity index (χ1n) is 4.20. The molecule has 0 bridgehead atoms. The number of hydrogen-bond acceptors (Lipinski definition) is 2. The van der Waals surface area contributed by atoms with Crippen LogP contribution in [0.3, 0.4) is 0 Å². The van der Waals surface area contributed by atoms with Crippen molar-refractivity contribution >= 4 is 0 Å². The second-order valence-corrected chi connectivity index (χ2v) is 3.44. The van der Waals surface area contributed by atoms with Crippen LogP contribution in [0.25, 0.3) is 0 Å². The lowest BCUT2D eigenvalue weighted by Crippen LogP contribution is -2.42. The van der Waals surface area contributed by atoms with Crippen molar-refractivity contribution in [2.75, 3.05) is 26.3 Å². The van der Waals surface area contributed by atoms with E-state index >= 15 is 0 Å². The summed E-state index contributed by atoms with van der Waals surface area (Å²) in [5.74, 6) is 0.861. The highest BCUT2D eigenvalue weighted by molar-refractivity contribution is 4.86. The van der Waals surface area contributed by atoms with Crippen LogP contribution in [0.2, 0.25) is 0 Å². The molecule has 0 aromatic heterocycles. The minimum Gasteiger partial charge on any atom is -0.378 e. The summed E-state index contributed by atoms with van der Waals surface area (Å²) >= 11 is 0. The monoisotopic (exact) mass is 141 g/mol. The number of nitrogens with zero attached hydrogens (tertiary/aromatic N) is 1. The van der Waals surface area contributed by atoms with Gasteiger partial charge in [-0.05, 0) is 18.9 Å². The van der Waals surface area contributed by atoms with Gasteiger partial charge in [-0.2, -0.15) is 0 Å². The molecule has 0 saturated carbocycles. The average Bonchev–Trinajstić information content (AvgIpc) is 2.34. The zero-order chi connectivity index (χ0) is 6.97. The Labute approximate surface area is 62.2 Å². The summed E-state index contributed by atoms with van der Waals surface area (Å²) in [5, 5.41) is 0. The lowest BCUT2D eigenvalue weighted by Gasteiger charge is -2.31. The Kier molecular flexibility index (Phi) is 1.66. The van der Waals surface area contributed by atoms with Gasteiger partial charge in [0.05, 0.1) is 13.2 Å². The Morgan fingerprint density at radius 2 is 2.30 bits per heavy atom. The van der Waals surface area contributed by atoms with E-state index in [4.69, 9.17) is 4.74 Å². The molecule has 2 heteroatoms. The zero-order valence-electron chi connectivity index (χ0n) is 6.55. The number of hydrogen-bond donors (Lipinski definition) is 0. The summed E-state index contributed by atoms with van der Waals surface area (Å²) in [7, 11) is 0. The van der Waals surface area contributed by atoms with E-state index in [1.165, 1.54) is 13.0 Å². The molecule has 0 aromatic carbocycles. The summed E-state index contributed by atoms with van der Waals surface area (Å²) in [6, 6.07) is 0.744. The van der Waals surface area contributed by atoms with Gasteiger partial charge in [0.25, 0.3) is 0 Å². The van der Waals surface area contributed by atoms with Crippen LogP contribution in [0.1, 0.15) is 13.3 Å². The maximum atomic E-state index is 5.41. The Bertz CT molecular complexity index is 124. The Morgan fingerprint density at radius 1 is 1.40 bits per heavy atom. The van der Waals surface area contributed by atoms with Crippen LogP contribution in [-0.4, -0.2) is 37.2 Å². The third kappa shape index (κ3) is 0.956. The third-order valence-corrected chi connectivity index (χ3v) is 2.81. The molecule has 0 aromatic rings. The van der Waals surface area contributed by atoms with E-state index in [2.05, 4.69) is 11.8 Å². The SMILES string of the molecule is C[C@@H]1CCN2CCOCC12. The summed E-state index contributed by atoms with van der Waals surface area (Å²) in [6.07, 6.45) is 1.37. The van der Waals surface area contributed by atoms with Crippen LogP contribution in [0, 0.1) is 5.92 Å². The minimum absolute atomic E-state index is 0.744. The van der Waals surface area contributed by atoms with Crippen LogP contribution in [-0.2, 0) is 4.74 Å². The van der Waals surface area contributed by atoms with Gasteiger partial charge in [-0.25, -0.2) is 0 Å². The standard InChI is InChI=1S/C8H15NO/c1-7-2-3-9-4-5-10-6-8(7)9/h7-8H,2-6H2,1H3/t7-,8?/m1/s1. The van der Waals surface area contributed by atoms with Gasteiger partial charge in [0.1, 0.15) is 0 Å². The van der Waals surface area contributed by atoms with Crippen molar-refractivity contribution in [2.45, 2.75) is 19.4 Å². The van der Waals surface area contributed by atoms with Crippen molar-refractivity contribution in [3.8, 4) is 0 Å². The molecular formula is C8H15NO. The van der Waals surface area contributed by atoms with Crippen molar-refractivity contribution in [3.63, 3.8) is 0 Å². The van der Waals surface area contributed by atoms with Crippen molar-refractivity contribution in [1.82, 2.24) is 4.90 Å². The molecule has 2 nitrogen and oxygen atoms in total. The molecule has 2 heterocycles. The molecule has 2 rings (SSSR count). The van der Waals surface area contributed by atoms with Crippen molar-refractivity contribution in [2.24, 2.45) is 5.92 Å². The third-order valence-electron chi connectivity index (χ3n) is 2.81. The largest absolute Gasteiger partial charge is 0.378 e. The Hall–Kier alpha value is -0.0800. The van der Waals surface area contributed by atoms with Gasteiger partial charge in [0.15, 0.2) is 0 Å². The molecule has 2 fully saturated rings. The van der Waals surface area contributed by atoms with E-state index in [1.807, 2.05) is 0 Å². The van der Waals surface area contributed by atoms with E-state index in [0.29, 0.717) is 0 Å². The van der Waals surface area contributed by atoms with Gasteiger partial charge in [-0.15, -0.1) is 0 Å². The van der Waals surface area contributed by atoms with Crippen LogP contribution in [0.5, 0.6) is 0 Å². The molecule has 0 spiro atoms. The summed E-state index contributed by atoms with van der Waals surface area (Å²) in [4.78, 5) is 2.56. The highest BCUT2D eigenvalue weighted by atomic mass is 16.5. The van der Waals surface area contributed by atoms with Gasteiger partial charge in [-0.1, -0.05) is 6.92 Å². The molecule has 2 aliphatic heterocycles. The second-order valence-electron chi connectivity index (χ2n) is 3.44. The van der Waals surface area contributed by atoms with Crippen molar-refractivity contribution in [3.05, 3.63) is 0 Å². The second kappa shape index (κ2) is 2.51. The van der Waals surface area contributed by atoms with E-state index < -0.39 is 0 Å². The summed E-state index contributed by atoms with van der Waals surface area (Å²) in [6.45, 7) is 6.72. The molecule has 0 aliphatic carbocycles. The molecule has 2 saturated heterocycles.